The molecule has 2 rings (SSSR count). The van der Waals surface area contributed by atoms with Gasteiger partial charge in [-0.2, -0.15) is 0 Å². The molecule has 0 saturated carbocycles. The van der Waals surface area contributed by atoms with Crippen LogP contribution in [0.4, 0.5) is 5.69 Å². The number of nitrogens with zero attached hydrogens (tertiary/aromatic N) is 2. The summed E-state index contributed by atoms with van der Waals surface area (Å²) in [4.78, 5) is 35.6. The predicted octanol–water partition coefficient (Wildman–Crippen LogP) is 2.24. The second-order valence-corrected chi connectivity index (χ2v) is 4.90. The highest BCUT2D eigenvalue weighted by Crippen LogP contribution is 2.30. The van der Waals surface area contributed by atoms with Gasteiger partial charge in [-0.1, -0.05) is 19.9 Å². The maximum Gasteiger partial charge on any atom is 0.282 e. The lowest BCUT2D eigenvalue weighted by molar-refractivity contribution is -0.385. The Morgan fingerprint density at radius 2 is 1.95 bits per heavy atom. The van der Waals surface area contributed by atoms with E-state index in [0.717, 1.165) is 4.90 Å². The van der Waals surface area contributed by atoms with E-state index in [4.69, 9.17) is 0 Å². The summed E-state index contributed by atoms with van der Waals surface area (Å²) in [5.74, 6) is -0.656. The largest absolute Gasteiger partial charge is 0.282 e. The molecule has 0 N–H and O–H groups in total. The summed E-state index contributed by atoms with van der Waals surface area (Å²) in [6, 6.07) is 4.13. The molecule has 1 aliphatic rings. The van der Waals surface area contributed by atoms with Gasteiger partial charge in [0.25, 0.3) is 17.5 Å². The first-order valence-corrected chi connectivity index (χ1v) is 6.07. The number of carbonyl (C=O) groups excluding carboxylic acids is 2. The van der Waals surface area contributed by atoms with Crippen molar-refractivity contribution in [1.82, 2.24) is 4.90 Å². The summed E-state index contributed by atoms with van der Waals surface area (Å²) in [6.07, 6.45) is 0.680. The van der Waals surface area contributed by atoms with Crippen LogP contribution in [0.15, 0.2) is 18.2 Å². The van der Waals surface area contributed by atoms with Gasteiger partial charge >= 0.3 is 0 Å². The molecule has 0 radical (unpaired) electrons. The Morgan fingerprint density at radius 3 is 2.53 bits per heavy atom. The molecule has 1 aromatic carbocycles. The molecule has 0 saturated heterocycles. The number of benzene rings is 1. The van der Waals surface area contributed by atoms with Crippen molar-refractivity contribution < 1.29 is 14.5 Å². The zero-order chi connectivity index (χ0) is 14.2. The zero-order valence-electron chi connectivity index (χ0n) is 10.8. The van der Waals surface area contributed by atoms with Crippen molar-refractivity contribution >= 4 is 17.5 Å². The topological polar surface area (TPSA) is 80.5 Å². The summed E-state index contributed by atoms with van der Waals surface area (Å²) in [5, 5.41) is 10.9. The Bertz CT molecular complexity index is 566. The Balaban J connectivity index is 2.39. The van der Waals surface area contributed by atoms with Crippen molar-refractivity contribution in [2.75, 3.05) is 6.54 Å². The summed E-state index contributed by atoms with van der Waals surface area (Å²) < 4.78 is 0. The highest BCUT2D eigenvalue weighted by molar-refractivity contribution is 6.23. The molecule has 6 nitrogen and oxygen atoms in total. The molecule has 1 aromatic rings. The lowest BCUT2D eigenvalue weighted by Gasteiger charge is -2.14. The summed E-state index contributed by atoms with van der Waals surface area (Å²) in [7, 11) is 0. The summed E-state index contributed by atoms with van der Waals surface area (Å²) in [5.41, 5.74) is -0.257. The minimum Gasteiger partial charge on any atom is -0.274 e. The monoisotopic (exact) mass is 262 g/mol. The number of rotatable bonds is 4. The molecule has 6 heteroatoms. The Morgan fingerprint density at radius 1 is 1.26 bits per heavy atom. The van der Waals surface area contributed by atoms with Crippen LogP contribution < -0.4 is 0 Å². The van der Waals surface area contributed by atoms with Crippen LogP contribution in [0, 0.1) is 16.0 Å². The van der Waals surface area contributed by atoms with E-state index in [9.17, 15) is 19.7 Å². The van der Waals surface area contributed by atoms with Crippen LogP contribution >= 0.6 is 0 Å². The van der Waals surface area contributed by atoms with Crippen LogP contribution in [-0.2, 0) is 0 Å². The van der Waals surface area contributed by atoms with Crippen LogP contribution in [0.5, 0.6) is 0 Å². The molecular formula is C13H14N2O4. The van der Waals surface area contributed by atoms with Crippen LogP contribution in [0.25, 0.3) is 0 Å². The molecule has 0 unspecified atom stereocenters. The molecule has 0 spiro atoms. The molecule has 19 heavy (non-hydrogen) atoms. The summed E-state index contributed by atoms with van der Waals surface area (Å²) in [6.45, 7) is 4.27. The number of carbonyl (C=O) groups is 2. The second kappa shape index (κ2) is 4.79. The summed E-state index contributed by atoms with van der Waals surface area (Å²) >= 11 is 0. The first-order valence-electron chi connectivity index (χ1n) is 6.07. The molecule has 1 aliphatic heterocycles. The number of fused-ring (bicyclic) bond motifs is 1. The lowest BCUT2D eigenvalue weighted by Crippen LogP contribution is -2.31. The highest BCUT2D eigenvalue weighted by atomic mass is 16.6. The van der Waals surface area contributed by atoms with E-state index < -0.39 is 16.7 Å². The number of nitro benzene ring substituents is 1. The van der Waals surface area contributed by atoms with Gasteiger partial charge in [-0.05, 0) is 18.4 Å². The van der Waals surface area contributed by atoms with Gasteiger partial charge in [0.05, 0.1) is 10.5 Å². The lowest BCUT2D eigenvalue weighted by atomic mass is 10.1. The molecule has 2 amide bonds. The van der Waals surface area contributed by atoms with Crippen molar-refractivity contribution in [1.29, 1.82) is 0 Å². The molecule has 0 bridgehead atoms. The molecule has 0 aromatic heterocycles. The number of hydrogen-bond acceptors (Lipinski definition) is 4. The van der Waals surface area contributed by atoms with Gasteiger partial charge in [-0.3, -0.25) is 24.6 Å². The van der Waals surface area contributed by atoms with Gasteiger partial charge in [-0.25, -0.2) is 0 Å². The van der Waals surface area contributed by atoms with Crippen LogP contribution in [0.1, 0.15) is 41.0 Å². The molecule has 100 valence electrons. The fraction of sp³-hybridized carbons (Fsp3) is 0.385. The normalized spacial score (nSPS) is 14.2. The minimum absolute atomic E-state index is 0.0822. The fourth-order valence-electron chi connectivity index (χ4n) is 2.06. The van der Waals surface area contributed by atoms with Crippen LogP contribution in [-0.4, -0.2) is 28.2 Å². The number of nitro groups is 1. The van der Waals surface area contributed by atoms with Gasteiger partial charge < -0.3 is 0 Å². The minimum atomic E-state index is -0.629. The van der Waals surface area contributed by atoms with E-state index in [2.05, 4.69) is 0 Å². The Labute approximate surface area is 110 Å². The van der Waals surface area contributed by atoms with E-state index >= 15 is 0 Å². The Kier molecular flexibility index (Phi) is 3.33. The first-order chi connectivity index (χ1) is 8.93. The average molecular weight is 262 g/mol. The molecular weight excluding hydrogens is 248 g/mol. The maximum absolute atomic E-state index is 12.1. The van der Waals surface area contributed by atoms with Crippen LogP contribution in [0.2, 0.25) is 0 Å². The predicted molar refractivity (Wildman–Crippen MR) is 67.9 cm³/mol. The quantitative estimate of drug-likeness (QED) is 0.473. The first kappa shape index (κ1) is 13.2. The second-order valence-electron chi connectivity index (χ2n) is 4.90. The van der Waals surface area contributed by atoms with Crippen LogP contribution in [0.3, 0.4) is 0 Å². The molecule has 0 fully saturated rings. The Hall–Kier alpha value is -2.24. The van der Waals surface area contributed by atoms with Crippen molar-refractivity contribution in [3.8, 4) is 0 Å². The third kappa shape index (κ3) is 2.21. The fourth-order valence-corrected chi connectivity index (χ4v) is 2.06. The van der Waals surface area contributed by atoms with Crippen molar-refractivity contribution in [3.05, 3.63) is 39.4 Å². The van der Waals surface area contributed by atoms with Crippen molar-refractivity contribution in [3.63, 3.8) is 0 Å². The SMILES string of the molecule is CC(C)CCN1C(=O)c2cccc([N+](=O)[O-])c2C1=O. The van der Waals surface area contributed by atoms with E-state index in [1.807, 2.05) is 13.8 Å². The van der Waals surface area contributed by atoms with E-state index in [-0.39, 0.29) is 16.8 Å². The smallest absolute Gasteiger partial charge is 0.274 e. The van der Waals surface area contributed by atoms with Gasteiger partial charge in [0.1, 0.15) is 5.56 Å². The van der Waals surface area contributed by atoms with Gasteiger partial charge in [0.2, 0.25) is 0 Å². The van der Waals surface area contributed by atoms with Gasteiger partial charge in [0, 0.05) is 12.6 Å². The number of hydrogen-bond donors (Lipinski definition) is 0. The van der Waals surface area contributed by atoms with E-state index in [1.165, 1.54) is 18.2 Å². The van der Waals surface area contributed by atoms with Gasteiger partial charge in [0.15, 0.2) is 0 Å². The van der Waals surface area contributed by atoms with E-state index in [0.29, 0.717) is 18.9 Å². The molecule has 0 aliphatic carbocycles. The number of amides is 2. The maximum atomic E-state index is 12.1. The van der Waals surface area contributed by atoms with Crippen molar-refractivity contribution in [2.45, 2.75) is 20.3 Å². The highest BCUT2D eigenvalue weighted by Gasteiger charge is 2.40. The standard InChI is InChI=1S/C13H14N2O4/c1-8(2)6-7-14-12(16)9-4-3-5-10(15(18)19)11(9)13(14)17/h3-5,8H,6-7H2,1-2H3. The van der Waals surface area contributed by atoms with Gasteiger partial charge in [-0.15, -0.1) is 0 Å². The molecule has 0 atom stereocenters. The van der Waals surface area contributed by atoms with Crippen molar-refractivity contribution in [2.24, 2.45) is 5.92 Å². The third-order valence-corrected chi connectivity index (χ3v) is 3.10. The van der Waals surface area contributed by atoms with E-state index in [1.54, 1.807) is 0 Å². The number of imide groups is 1. The molecule has 1 heterocycles. The average Bonchev–Trinajstić information content (AvgIpc) is 2.59. The zero-order valence-corrected chi connectivity index (χ0v) is 10.8. The third-order valence-electron chi connectivity index (χ3n) is 3.10.